The van der Waals surface area contributed by atoms with Gasteiger partial charge in [-0.3, -0.25) is 14.9 Å². The van der Waals surface area contributed by atoms with E-state index < -0.39 is 17.4 Å². The predicted octanol–water partition coefficient (Wildman–Crippen LogP) is 1.95. The molecule has 2 aliphatic rings. The molecule has 172 valence electrons. The first-order valence-corrected chi connectivity index (χ1v) is 12.7. The number of hydrogen-bond acceptors (Lipinski definition) is 6. The Kier molecular flexibility index (Phi) is 9.99. The lowest BCUT2D eigenvalue weighted by molar-refractivity contribution is -0.143. The Hall–Kier alpha value is -1.42. The molecule has 3 rings (SSSR count). The zero-order valence-electron chi connectivity index (χ0n) is 17.5. The summed E-state index contributed by atoms with van der Waals surface area (Å²) in [5.41, 5.74) is 0.0429. The van der Waals surface area contributed by atoms with Crippen LogP contribution in [0.2, 0.25) is 0 Å². The van der Waals surface area contributed by atoms with Gasteiger partial charge in [-0.05, 0) is 36.8 Å². The summed E-state index contributed by atoms with van der Waals surface area (Å²) in [4.78, 5) is 39.7. The van der Waals surface area contributed by atoms with Crippen molar-refractivity contribution in [2.24, 2.45) is 0 Å². The van der Waals surface area contributed by atoms with Gasteiger partial charge in [0.25, 0.3) is 0 Å². The Morgan fingerprint density at radius 3 is 2.52 bits per heavy atom. The van der Waals surface area contributed by atoms with Gasteiger partial charge >= 0.3 is 5.97 Å². The quantitative estimate of drug-likeness (QED) is 0.515. The van der Waals surface area contributed by atoms with Crippen LogP contribution in [0.1, 0.15) is 24.8 Å². The molecule has 10 heteroatoms. The number of carbonyl (C=O) groups is 3. The van der Waals surface area contributed by atoms with Gasteiger partial charge in [0.2, 0.25) is 11.8 Å². The van der Waals surface area contributed by atoms with E-state index in [1.54, 1.807) is 23.5 Å². The molecule has 3 N–H and O–H groups in total. The second-order valence-corrected chi connectivity index (χ2v) is 9.71. The number of hydrogen-bond donors (Lipinski definition) is 3. The molecule has 0 spiro atoms. The molecule has 0 aliphatic carbocycles. The summed E-state index contributed by atoms with van der Waals surface area (Å²) in [5.74, 6) is 1.03. The molecule has 2 atom stereocenters. The lowest BCUT2D eigenvalue weighted by Gasteiger charge is -2.42. The highest BCUT2D eigenvalue weighted by Gasteiger charge is 2.45. The van der Waals surface area contributed by atoms with Crippen molar-refractivity contribution in [3.05, 3.63) is 35.9 Å². The van der Waals surface area contributed by atoms with E-state index >= 15 is 0 Å². The van der Waals surface area contributed by atoms with Gasteiger partial charge in [0.1, 0.15) is 6.04 Å². The minimum atomic E-state index is -1.02. The number of likely N-dealkylation sites (tertiary alicyclic amines) is 1. The second kappa shape index (κ2) is 12.0. The second-order valence-electron chi connectivity index (χ2n) is 7.69. The maximum atomic E-state index is 13.4. The molecule has 0 unspecified atom stereocenters. The molecule has 2 aliphatic heterocycles. The summed E-state index contributed by atoms with van der Waals surface area (Å²) < 4.78 is 0. The van der Waals surface area contributed by atoms with Crippen LogP contribution in [0.3, 0.4) is 0 Å². The highest BCUT2D eigenvalue weighted by Crippen LogP contribution is 2.36. The Morgan fingerprint density at radius 1 is 1.29 bits per heavy atom. The Balaban J connectivity index is 0.00000341. The van der Waals surface area contributed by atoms with E-state index in [0.29, 0.717) is 38.1 Å². The van der Waals surface area contributed by atoms with Crippen LogP contribution < -0.4 is 10.6 Å². The molecule has 0 bridgehead atoms. The standard InChI is InChI=1S/C21H29N3O4S2.ClH/c1-29-12-7-16(19(26)27)23-20(28)21(15-5-3-2-4-6-15)8-10-24(11-9-21)18(25)17-13-30-14-22-17;/h2-6,16-17,22H,7-14H2,1H3,(H,23,28)(H,26,27);1H/t16-,17+;/m0./s1. The molecule has 2 heterocycles. The van der Waals surface area contributed by atoms with Crippen molar-refractivity contribution in [1.82, 2.24) is 15.5 Å². The summed E-state index contributed by atoms with van der Waals surface area (Å²) in [6.45, 7) is 0.957. The van der Waals surface area contributed by atoms with Gasteiger partial charge in [-0.1, -0.05) is 30.3 Å². The first-order valence-electron chi connectivity index (χ1n) is 10.2. The topological polar surface area (TPSA) is 98.7 Å². The molecule has 0 aromatic heterocycles. The van der Waals surface area contributed by atoms with Crippen LogP contribution >= 0.6 is 35.9 Å². The Bertz CT molecular complexity index is 754. The van der Waals surface area contributed by atoms with Crippen LogP contribution in [-0.2, 0) is 19.8 Å². The number of piperidine rings is 1. The summed E-state index contributed by atoms with van der Waals surface area (Å²) in [5, 5.41) is 15.6. The van der Waals surface area contributed by atoms with Crippen LogP contribution in [0.5, 0.6) is 0 Å². The molecular formula is C21H30ClN3O4S2. The predicted molar refractivity (Wildman–Crippen MR) is 128 cm³/mol. The van der Waals surface area contributed by atoms with E-state index in [-0.39, 0.29) is 30.3 Å². The van der Waals surface area contributed by atoms with Crippen molar-refractivity contribution < 1.29 is 19.5 Å². The molecule has 31 heavy (non-hydrogen) atoms. The van der Waals surface area contributed by atoms with E-state index in [1.807, 2.05) is 41.5 Å². The number of carboxylic acids is 1. The van der Waals surface area contributed by atoms with Crippen LogP contribution in [0, 0.1) is 0 Å². The van der Waals surface area contributed by atoms with E-state index in [0.717, 1.165) is 17.2 Å². The van der Waals surface area contributed by atoms with Gasteiger partial charge in [0.15, 0.2) is 0 Å². The maximum Gasteiger partial charge on any atom is 0.326 e. The number of carbonyl (C=O) groups excluding carboxylic acids is 2. The summed E-state index contributed by atoms with van der Waals surface area (Å²) >= 11 is 3.27. The SMILES string of the molecule is CSCC[C@H](NC(=O)C1(c2ccccc2)CCN(C(=O)[C@H]2CSCN2)CC1)C(=O)O.Cl. The first-order chi connectivity index (χ1) is 14.5. The van der Waals surface area contributed by atoms with Gasteiger partial charge in [-0.2, -0.15) is 11.8 Å². The zero-order chi connectivity index (χ0) is 21.6. The number of aliphatic carboxylic acids is 1. The smallest absolute Gasteiger partial charge is 0.326 e. The van der Waals surface area contributed by atoms with Crippen LogP contribution in [-0.4, -0.2) is 76.6 Å². The van der Waals surface area contributed by atoms with Crippen molar-refractivity contribution >= 4 is 53.7 Å². The fourth-order valence-electron chi connectivity index (χ4n) is 4.08. The van der Waals surface area contributed by atoms with E-state index in [9.17, 15) is 19.5 Å². The van der Waals surface area contributed by atoms with Gasteiger partial charge in [0, 0.05) is 24.7 Å². The number of benzene rings is 1. The van der Waals surface area contributed by atoms with Gasteiger partial charge in [0.05, 0.1) is 11.5 Å². The fourth-order valence-corrected chi connectivity index (χ4v) is 5.48. The number of amides is 2. The van der Waals surface area contributed by atoms with Gasteiger partial charge in [-0.15, -0.1) is 24.2 Å². The van der Waals surface area contributed by atoms with Crippen molar-refractivity contribution in [3.8, 4) is 0 Å². The molecule has 0 saturated carbocycles. The Labute approximate surface area is 197 Å². The molecule has 1 aromatic carbocycles. The van der Waals surface area contributed by atoms with Crippen LogP contribution in [0.15, 0.2) is 30.3 Å². The largest absolute Gasteiger partial charge is 0.480 e. The van der Waals surface area contributed by atoms with Crippen molar-refractivity contribution in [2.75, 3.05) is 36.7 Å². The van der Waals surface area contributed by atoms with Crippen molar-refractivity contribution in [1.29, 1.82) is 0 Å². The number of rotatable bonds is 8. The normalized spacial score (nSPS) is 21.1. The third kappa shape index (κ3) is 6.09. The molecule has 1 aromatic rings. The first kappa shape index (κ1) is 25.8. The summed E-state index contributed by atoms with van der Waals surface area (Å²) in [6, 6.07) is 8.46. The average Bonchev–Trinajstić information content (AvgIpc) is 3.31. The summed E-state index contributed by atoms with van der Waals surface area (Å²) in [7, 11) is 0. The van der Waals surface area contributed by atoms with Crippen LogP contribution in [0.25, 0.3) is 0 Å². The lowest BCUT2D eigenvalue weighted by Crippen LogP contribution is -2.57. The Morgan fingerprint density at radius 2 is 1.97 bits per heavy atom. The fraction of sp³-hybridized carbons (Fsp3) is 0.571. The number of nitrogens with one attached hydrogen (secondary N) is 2. The van der Waals surface area contributed by atoms with Crippen molar-refractivity contribution in [2.45, 2.75) is 36.8 Å². The maximum absolute atomic E-state index is 13.4. The molecule has 0 radical (unpaired) electrons. The number of carboxylic acid groups (broad SMARTS) is 1. The van der Waals surface area contributed by atoms with E-state index in [2.05, 4.69) is 10.6 Å². The van der Waals surface area contributed by atoms with Crippen LogP contribution in [0.4, 0.5) is 0 Å². The highest BCUT2D eigenvalue weighted by atomic mass is 35.5. The third-order valence-corrected chi connectivity index (χ3v) is 7.50. The average molecular weight is 488 g/mol. The minimum Gasteiger partial charge on any atom is -0.480 e. The zero-order valence-corrected chi connectivity index (χ0v) is 20.0. The lowest BCUT2D eigenvalue weighted by atomic mass is 9.71. The molecule has 2 amide bonds. The third-order valence-electron chi connectivity index (χ3n) is 5.92. The molecule has 7 nitrogen and oxygen atoms in total. The van der Waals surface area contributed by atoms with Gasteiger partial charge in [-0.25, -0.2) is 4.79 Å². The minimum absolute atomic E-state index is 0. The number of nitrogens with zero attached hydrogens (tertiary/aromatic N) is 1. The molecule has 2 fully saturated rings. The monoisotopic (exact) mass is 487 g/mol. The summed E-state index contributed by atoms with van der Waals surface area (Å²) in [6.07, 6.45) is 3.24. The number of thioether (sulfide) groups is 2. The van der Waals surface area contributed by atoms with Crippen molar-refractivity contribution in [3.63, 3.8) is 0 Å². The molecular weight excluding hydrogens is 458 g/mol. The van der Waals surface area contributed by atoms with Gasteiger partial charge < -0.3 is 15.3 Å². The van der Waals surface area contributed by atoms with E-state index in [1.165, 1.54) is 0 Å². The highest BCUT2D eigenvalue weighted by molar-refractivity contribution is 7.99. The molecule has 2 saturated heterocycles. The number of halogens is 1. The van der Waals surface area contributed by atoms with E-state index in [4.69, 9.17) is 0 Å².